The minimum atomic E-state index is -0.793. The van der Waals surface area contributed by atoms with Gasteiger partial charge < -0.3 is 0 Å². The summed E-state index contributed by atoms with van der Waals surface area (Å²) >= 11 is 0. The first-order valence-corrected chi connectivity index (χ1v) is 7.77. The highest BCUT2D eigenvalue weighted by Crippen LogP contribution is 2.17. The Morgan fingerprint density at radius 3 is 2.17 bits per heavy atom. The van der Waals surface area contributed by atoms with Gasteiger partial charge in [0, 0.05) is 0 Å². The van der Waals surface area contributed by atoms with Crippen LogP contribution in [0.1, 0.15) is 42.0 Å². The number of nitrogens with zero attached hydrogens (tertiary/aromatic N) is 1. The van der Waals surface area contributed by atoms with Gasteiger partial charge in [0.15, 0.2) is 0 Å². The molecule has 0 atom stereocenters. The lowest BCUT2D eigenvalue weighted by Gasteiger charge is -2.05. The monoisotopic (exact) mass is 311 g/mol. The van der Waals surface area contributed by atoms with Gasteiger partial charge in [0.25, 0.3) is 0 Å². The van der Waals surface area contributed by atoms with Crippen LogP contribution in [0.3, 0.4) is 0 Å². The summed E-state index contributed by atoms with van der Waals surface area (Å²) in [6.45, 7) is 2.14. The molecule has 0 aliphatic rings. The molecule has 0 spiro atoms. The first kappa shape index (κ1) is 16.9. The van der Waals surface area contributed by atoms with Crippen LogP contribution in [0.4, 0.5) is 8.78 Å². The van der Waals surface area contributed by atoms with Crippen LogP contribution in [0.15, 0.2) is 42.5 Å². The minimum absolute atomic E-state index is 0.517. The zero-order valence-corrected chi connectivity index (χ0v) is 13.2. The maximum atomic E-state index is 13.6. The number of unbranched alkanes of at least 4 members (excludes halogenated alkanes) is 1. The van der Waals surface area contributed by atoms with Gasteiger partial charge in [-0.25, -0.2) is 8.78 Å². The van der Waals surface area contributed by atoms with E-state index in [1.54, 1.807) is 0 Å². The van der Waals surface area contributed by atoms with Crippen molar-refractivity contribution in [2.24, 2.45) is 0 Å². The maximum Gasteiger partial charge on any atom is 0.144 e. The molecule has 0 amide bonds. The third kappa shape index (κ3) is 4.75. The standard InChI is InChI=1S/C20H19F2N/c1-2-3-4-5-15-6-8-16(9-7-15)10-11-17-12-19(21)18(14-23)20(22)13-17/h4-9,12-13H,2-3,10-11H2,1H3/b5-4+. The van der Waals surface area contributed by atoms with Crippen LogP contribution in [0.25, 0.3) is 6.08 Å². The number of hydrogen-bond acceptors (Lipinski definition) is 1. The third-order valence-electron chi connectivity index (χ3n) is 3.66. The minimum Gasteiger partial charge on any atom is -0.205 e. The Kier molecular flexibility index (Phi) is 6.05. The molecule has 0 radical (unpaired) electrons. The number of aryl methyl sites for hydroxylation is 2. The summed E-state index contributed by atoms with van der Waals surface area (Å²) in [6, 6.07) is 12.2. The van der Waals surface area contributed by atoms with Crippen molar-refractivity contribution in [3.63, 3.8) is 0 Å². The van der Waals surface area contributed by atoms with E-state index in [0.29, 0.717) is 18.4 Å². The highest BCUT2D eigenvalue weighted by molar-refractivity contribution is 5.49. The van der Waals surface area contributed by atoms with E-state index in [4.69, 9.17) is 5.26 Å². The Hall–Kier alpha value is -2.47. The first-order valence-electron chi connectivity index (χ1n) is 7.77. The topological polar surface area (TPSA) is 23.8 Å². The Labute approximate surface area is 135 Å². The van der Waals surface area contributed by atoms with Crippen LogP contribution >= 0.6 is 0 Å². The molecule has 0 aliphatic heterocycles. The van der Waals surface area contributed by atoms with Crippen molar-refractivity contribution in [1.29, 1.82) is 5.26 Å². The molecule has 0 heterocycles. The molecular weight excluding hydrogens is 292 g/mol. The van der Waals surface area contributed by atoms with E-state index in [-0.39, 0.29) is 0 Å². The first-order chi connectivity index (χ1) is 11.1. The largest absolute Gasteiger partial charge is 0.205 e. The number of hydrogen-bond donors (Lipinski definition) is 0. The Morgan fingerprint density at radius 2 is 1.61 bits per heavy atom. The molecule has 0 saturated heterocycles. The van der Waals surface area contributed by atoms with Gasteiger partial charge in [0.2, 0.25) is 0 Å². The second-order valence-corrected chi connectivity index (χ2v) is 5.48. The molecule has 0 aliphatic carbocycles. The lowest BCUT2D eigenvalue weighted by Crippen LogP contribution is -1.97. The molecule has 2 rings (SSSR count). The molecule has 1 nitrogen and oxygen atoms in total. The molecule has 0 fully saturated rings. The van der Waals surface area contributed by atoms with Crippen LogP contribution in [0, 0.1) is 23.0 Å². The molecule has 0 unspecified atom stereocenters. The molecule has 3 heteroatoms. The normalized spacial score (nSPS) is 10.9. The van der Waals surface area contributed by atoms with Gasteiger partial charge in [-0.15, -0.1) is 0 Å². The number of halogens is 2. The maximum absolute atomic E-state index is 13.6. The molecule has 0 bridgehead atoms. The van der Waals surface area contributed by atoms with E-state index in [9.17, 15) is 8.78 Å². The Morgan fingerprint density at radius 1 is 1.00 bits per heavy atom. The van der Waals surface area contributed by atoms with Crippen LogP contribution < -0.4 is 0 Å². The summed E-state index contributed by atoms with van der Waals surface area (Å²) in [5.41, 5.74) is 2.31. The van der Waals surface area contributed by atoms with Crippen molar-refractivity contribution >= 4 is 6.08 Å². The average Bonchev–Trinajstić information content (AvgIpc) is 2.54. The molecular formula is C20H19F2N. The third-order valence-corrected chi connectivity index (χ3v) is 3.66. The zero-order valence-electron chi connectivity index (χ0n) is 13.2. The molecule has 0 saturated carbocycles. The van der Waals surface area contributed by atoms with Gasteiger partial charge in [-0.05, 0) is 48.1 Å². The number of rotatable bonds is 6. The van der Waals surface area contributed by atoms with Crippen molar-refractivity contribution < 1.29 is 8.78 Å². The van der Waals surface area contributed by atoms with E-state index < -0.39 is 17.2 Å². The van der Waals surface area contributed by atoms with Gasteiger partial charge >= 0.3 is 0 Å². The van der Waals surface area contributed by atoms with Crippen LogP contribution in [0.2, 0.25) is 0 Å². The van der Waals surface area contributed by atoms with Crippen molar-refractivity contribution in [2.45, 2.75) is 32.6 Å². The molecule has 2 aromatic rings. The van der Waals surface area contributed by atoms with Gasteiger partial charge in [-0.2, -0.15) is 5.26 Å². The van der Waals surface area contributed by atoms with Crippen LogP contribution in [-0.2, 0) is 12.8 Å². The van der Waals surface area contributed by atoms with E-state index in [1.807, 2.05) is 24.3 Å². The van der Waals surface area contributed by atoms with E-state index in [0.717, 1.165) is 24.0 Å². The van der Waals surface area contributed by atoms with E-state index >= 15 is 0 Å². The highest BCUT2D eigenvalue weighted by atomic mass is 19.1. The summed E-state index contributed by atoms with van der Waals surface area (Å²) in [5, 5.41) is 8.67. The summed E-state index contributed by atoms with van der Waals surface area (Å²) in [7, 11) is 0. The van der Waals surface area contributed by atoms with Crippen molar-refractivity contribution in [2.75, 3.05) is 0 Å². The molecule has 2 aromatic carbocycles. The summed E-state index contributed by atoms with van der Waals surface area (Å²) in [4.78, 5) is 0. The quantitative estimate of drug-likeness (QED) is 0.697. The number of allylic oxidation sites excluding steroid dienone is 1. The predicted molar refractivity (Wildman–Crippen MR) is 88.9 cm³/mol. The van der Waals surface area contributed by atoms with Crippen molar-refractivity contribution in [3.05, 3.63) is 76.4 Å². The van der Waals surface area contributed by atoms with Gasteiger partial charge in [0.05, 0.1) is 0 Å². The van der Waals surface area contributed by atoms with Gasteiger partial charge in [-0.1, -0.05) is 49.8 Å². The lowest BCUT2D eigenvalue weighted by atomic mass is 10.0. The van der Waals surface area contributed by atoms with Gasteiger partial charge in [-0.3, -0.25) is 0 Å². The second-order valence-electron chi connectivity index (χ2n) is 5.48. The number of benzene rings is 2. The number of nitriles is 1. The zero-order chi connectivity index (χ0) is 16.7. The highest BCUT2D eigenvalue weighted by Gasteiger charge is 2.10. The van der Waals surface area contributed by atoms with Crippen molar-refractivity contribution in [1.82, 2.24) is 0 Å². The lowest BCUT2D eigenvalue weighted by molar-refractivity contribution is 0.573. The Bertz CT molecular complexity index is 701. The molecule has 118 valence electrons. The molecule has 0 N–H and O–H groups in total. The SMILES string of the molecule is CCC/C=C/c1ccc(CCc2cc(F)c(C#N)c(F)c2)cc1. The second kappa shape index (κ2) is 8.24. The van der Waals surface area contributed by atoms with Crippen molar-refractivity contribution in [3.8, 4) is 6.07 Å². The fraction of sp³-hybridized carbons (Fsp3) is 0.250. The van der Waals surface area contributed by atoms with E-state index in [1.165, 1.54) is 18.2 Å². The molecule has 0 aromatic heterocycles. The summed E-state index contributed by atoms with van der Waals surface area (Å²) in [5.74, 6) is -1.59. The van der Waals surface area contributed by atoms with Crippen LogP contribution in [0.5, 0.6) is 0 Å². The molecule has 23 heavy (non-hydrogen) atoms. The van der Waals surface area contributed by atoms with Gasteiger partial charge in [0.1, 0.15) is 23.3 Å². The van der Waals surface area contributed by atoms with Crippen LogP contribution in [-0.4, -0.2) is 0 Å². The van der Waals surface area contributed by atoms with E-state index in [2.05, 4.69) is 19.1 Å². The fourth-order valence-electron chi connectivity index (χ4n) is 2.35. The average molecular weight is 311 g/mol. The predicted octanol–water partition coefficient (Wildman–Crippen LogP) is 5.43. The fourth-order valence-corrected chi connectivity index (χ4v) is 2.35. The summed E-state index contributed by atoms with van der Waals surface area (Å²) in [6.07, 6.45) is 7.67. The smallest absolute Gasteiger partial charge is 0.144 e. The Balaban J connectivity index is 2.00. The summed E-state index contributed by atoms with van der Waals surface area (Å²) < 4.78 is 27.1.